The number of rotatable bonds is 5. The number of alkyl halides is 3. The van der Waals surface area contributed by atoms with Gasteiger partial charge >= 0.3 is 6.18 Å². The number of halogens is 6. The molecule has 24 heavy (non-hydrogen) atoms. The summed E-state index contributed by atoms with van der Waals surface area (Å²) in [4.78, 5) is 1.92. The minimum absolute atomic E-state index is 0. The van der Waals surface area contributed by atoms with Gasteiger partial charge < -0.3 is 5.32 Å². The summed E-state index contributed by atoms with van der Waals surface area (Å²) >= 11 is 0. The summed E-state index contributed by atoms with van der Waals surface area (Å²) in [5.74, 6) is -0.789. The van der Waals surface area contributed by atoms with E-state index in [1.54, 1.807) is 6.08 Å². The molecule has 138 valence electrons. The largest absolute Gasteiger partial charge is 0.416 e. The third-order valence-electron chi connectivity index (χ3n) is 3.93. The van der Waals surface area contributed by atoms with Gasteiger partial charge in [0.25, 0.3) is 0 Å². The highest BCUT2D eigenvalue weighted by Crippen LogP contribution is 2.39. The van der Waals surface area contributed by atoms with Gasteiger partial charge in [-0.25, -0.2) is 4.39 Å². The van der Waals surface area contributed by atoms with Crippen molar-refractivity contribution in [1.29, 1.82) is 0 Å². The lowest BCUT2D eigenvalue weighted by Gasteiger charge is -2.36. The molecule has 1 aliphatic heterocycles. The fourth-order valence-electron chi connectivity index (χ4n) is 2.90. The van der Waals surface area contributed by atoms with E-state index in [2.05, 4.69) is 11.9 Å². The molecular formula is C16H22Cl2F4N2. The third kappa shape index (κ3) is 5.62. The first-order valence-electron chi connectivity index (χ1n) is 7.36. The first-order valence-corrected chi connectivity index (χ1v) is 7.36. The molecule has 1 fully saturated rings. The van der Waals surface area contributed by atoms with Crippen molar-refractivity contribution in [1.82, 2.24) is 10.2 Å². The van der Waals surface area contributed by atoms with Crippen LogP contribution in [-0.2, 0) is 6.18 Å². The standard InChI is InChI=1S/C16H20F4N2.2ClH/c1-2-3-7-14(22-10-8-21-9-11-22)15-12(16(18,19)20)5-4-6-13(15)17;;/h2,4-6,14,21H,1,3,7-11H2;2*1H/t14-;;/m0../s1. The molecule has 1 aliphatic rings. The maximum atomic E-state index is 14.2. The van der Waals surface area contributed by atoms with E-state index in [4.69, 9.17) is 0 Å². The maximum absolute atomic E-state index is 14.2. The van der Waals surface area contributed by atoms with Gasteiger partial charge in [-0.15, -0.1) is 31.4 Å². The van der Waals surface area contributed by atoms with E-state index < -0.39 is 23.6 Å². The molecule has 0 aromatic heterocycles. The molecule has 0 bridgehead atoms. The number of hydrogen-bond donors (Lipinski definition) is 1. The number of benzene rings is 1. The van der Waals surface area contributed by atoms with Gasteiger partial charge in [0.05, 0.1) is 5.56 Å². The molecule has 2 nitrogen and oxygen atoms in total. The maximum Gasteiger partial charge on any atom is 0.416 e. The highest BCUT2D eigenvalue weighted by atomic mass is 35.5. The van der Waals surface area contributed by atoms with Crippen LogP contribution in [0.3, 0.4) is 0 Å². The molecule has 0 unspecified atom stereocenters. The average molecular weight is 389 g/mol. The Kier molecular flexibility index (Phi) is 9.88. The van der Waals surface area contributed by atoms with Crippen LogP contribution in [0.1, 0.15) is 30.0 Å². The molecule has 1 heterocycles. The van der Waals surface area contributed by atoms with E-state index in [0.29, 0.717) is 39.0 Å². The van der Waals surface area contributed by atoms with E-state index in [9.17, 15) is 17.6 Å². The second kappa shape index (κ2) is 10.2. The quantitative estimate of drug-likeness (QED) is 0.585. The summed E-state index contributed by atoms with van der Waals surface area (Å²) in [6.45, 7) is 6.22. The molecule has 0 aliphatic carbocycles. The van der Waals surface area contributed by atoms with Crippen LogP contribution in [0, 0.1) is 5.82 Å². The second-order valence-electron chi connectivity index (χ2n) is 5.37. The van der Waals surface area contributed by atoms with Crippen LogP contribution in [0.5, 0.6) is 0 Å². The number of nitrogens with zero attached hydrogens (tertiary/aromatic N) is 1. The van der Waals surface area contributed by atoms with Crippen molar-refractivity contribution in [2.24, 2.45) is 0 Å². The van der Waals surface area contributed by atoms with Gasteiger partial charge in [0.2, 0.25) is 0 Å². The fraction of sp³-hybridized carbons (Fsp3) is 0.500. The number of nitrogens with one attached hydrogen (secondary N) is 1. The molecule has 1 aromatic carbocycles. The first-order chi connectivity index (χ1) is 10.4. The first kappa shape index (κ1) is 23.2. The fourth-order valence-corrected chi connectivity index (χ4v) is 2.90. The molecule has 0 radical (unpaired) electrons. The van der Waals surface area contributed by atoms with Crippen molar-refractivity contribution in [2.75, 3.05) is 26.2 Å². The third-order valence-corrected chi connectivity index (χ3v) is 3.93. The Hall–Kier alpha value is -0.820. The molecule has 1 N–H and O–H groups in total. The summed E-state index contributed by atoms with van der Waals surface area (Å²) in [7, 11) is 0. The molecule has 1 aromatic rings. The van der Waals surface area contributed by atoms with Crippen LogP contribution in [0.15, 0.2) is 30.9 Å². The second-order valence-corrected chi connectivity index (χ2v) is 5.37. The van der Waals surface area contributed by atoms with Crippen molar-refractivity contribution >= 4 is 24.8 Å². The summed E-state index contributed by atoms with van der Waals surface area (Å²) in [5.41, 5.74) is -1.11. The van der Waals surface area contributed by atoms with Crippen molar-refractivity contribution in [3.63, 3.8) is 0 Å². The normalized spacial score (nSPS) is 16.7. The highest BCUT2D eigenvalue weighted by Gasteiger charge is 2.38. The summed E-state index contributed by atoms with van der Waals surface area (Å²) in [5, 5.41) is 3.16. The number of hydrogen-bond acceptors (Lipinski definition) is 2. The van der Waals surface area contributed by atoms with Gasteiger partial charge in [0, 0.05) is 37.8 Å². The van der Waals surface area contributed by atoms with Crippen LogP contribution in [-0.4, -0.2) is 31.1 Å². The van der Waals surface area contributed by atoms with Gasteiger partial charge in [0.15, 0.2) is 0 Å². The van der Waals surface area contributed by atoms with Crippen molar-refractivity contribution < 1.29 is 17.6 Å². The van der Waals surface area contributed by atoms with Gasteiger partial charge in [-0.2, -0.15) is 13.2 Å². The van der Waals surface area contributed by atoms with Gasteiger partial charge in [-0.1, -0.05) is 12.1 Å². The minimum Gasteiger partial charge on any atom is -0.314 e. The van der Waals surface area contributed by atoms with E-state index in [-0.39, 0.29) is 30.4 Å². The lowest BCUT2D eigenvalue weighted by atomic mass is 9.94. The Labute approximate surface area is 152 Å². The molecule has 0 spiro atoms. The monoisotopic (exact) mass is 388 g/mol. The summed E-state index contributed by atoms with van der Waals surface area (Å²) in [6.07, 6.45) is -1.94. The topological polar surface area (TPSA) is 15.3 Å². The smallest absolute Gasteiger partial charge is 0.314 e. The predicted molar refractivity (Wildman–Crippen MR) is 92.5 cm³/mol. The van der Waals surface area contributed by atoms with Crippen molar-refractivity contribution in [3.05, 3.63) is 47.8 Å². The Morgan fingerprint density at radius 1 is 1.21 bits per heavy atom. The zero-order chi connectivity index (χ0) is 16.2. The lowest BCUT2D eigenvalue weighted by molar-refractivity contribution is -0.139. The van der Waals surface area contributed by atoms with E-state index in [0.717, 1.165) is 18.2 Å². The zero-order valence-corrected chi connectivity index (χ0v) is 14.7. The molecule has 8 heteroatoms. The van der Waals surface area contributed by atoms with Crippen molar-refractivity contribution in [3.8, 4) is 0 Å². The average Bonchev–Trinajstić information content (AvgIpc) is 2.49. The number of allylic oxidation sites excluding steroid dienone is 1. The molecule has 2 rings (SSSR count). The Balaban J connectivity index is 0.00000264. The summed E-state index contributed by atoms with van der Waals surface area (Å²) < 4.78 is 54.0. The van der Waals surface area contributed by atoms with Crippen LogP contribution in [0.4, 0.5) is 17.6 Å². The number of piperazine rings is 1. The molecule has 0 saturated carbocycles. The van der Waals surface area contributed by atoms with Crippen LogP contribution >= 0.6 is 24.8 Å². The molecule has 1 saturated heterocycles. The van der Waals surface area contributed by atoms with Gasteiger partial charge in [0.1, 0.15) is 5.82 Å². The van der Waals surface area contributed by atoms with Gasteiger partial charge in [-0.3, -0.25) is 4.90 Å². The lowest BCUT2D eigenvalue weighted by Crippen LogP contribution is -2.45. The molecule has 0 amide bonds. The van der Waals surface area contributed by atoms with E-state index in [1.807, 2.05) is 4.90 Å². The zero-order valence-electron chi connectivity index (χ0n) is 13.1. The molecule has 1 atom stereocenters. The van der Waals surface area contributed by atoms with Crippen LogP contribution in [0.25, 0.3) is 0 Å². The van der Waals surface area contributed by atoms with Crippen LogP contribution in [0.2, 0.25) is 0 Å². The van der Waals surface area contributed by atoms with Crippen molar-refractivity contribution in [2.45, 2.75) is 25.1 Å². The SMILES string of the molecule is C=CCC[C@@H](c1c(F)cccc1C(F)(F)F)N1CCNCC1.Cl.Cl. The summed E-state index contributed by atoms with van der Waals surface area (Å²) in [6, 6.07) is 2.59. The highest BCUT2D eigenvalue weighted by molar-refractivity contribution is 5.85. The van der Waals surface area contributed by atoms with Gasteiger partial charge in [-0.05, 0) is 25.0 Å². The Morgan fingerprint density at radius 3 is 2.38 bits per heavy atom. The van der Waals surface area contributed by atoms with E-state index >= 15 is 0 Å². The van der Waals surface area contributed by atoms with Crippen LogP contribution < -0.4 is 5.32 Å². The molecular weight excluding hydrogens is 367 g/mol. The Bertz CT molecular complexity index is 517. The predicted octanol–water partition coefficient (Wildman–Crippen LogP) is 4.60. The Morgan fingerprint density at radius 2 is 1.83 bits per heavy atom. The van der Waals surface area contributed by atoms with E-state index in [1.165, 1.54) is 0 Å². The minimum atomic E-state index is -4.56.